The summed E-state index contributed by atoms with van der Waals surface area (Å²) in [6.45, 7) is 1.89. The molecule has 0 spiro atoms. The van der Waals surface area contributed by atoms with Crippen LogP contribution in [0.25, 0.3) is 11.0 Å². The second-order valence-electron chi connectivity index (χ2n) is 4.40. The van der Waals surface area contributed by atoms with Crippen molar-refractivity contribution < 1.29 is 4.79 Å². The molecule has 5 nitrogen and oxygen atoms in total. The number of amides is 1. The molecule has 2 heterocycles. The normalized spacial score (nSPS) is 10.7. The van der Waals surface area contributed by atoms with Crippen LogP contribution in [0.5, 0.6) is 0 Å². The van der Waals surface area contributed by atoms with E-state index >= 15 is 0 Å². The van der Waals surface area contributed by atoms with Crippen molar-refractivity contribution in [1.29, 1.82) is 0 Å². The van der Waals surface area contributed by atoms with Crippen LogP contribution in [0.4, 0.5) is 5.69 Å². The highest BCUT2D eigenvalue weighted by molar-refractivity contribution is 9.10. The van der Waals surface area contributed by atoms with Crippen molar-refractivity contribution >= 4 is 38.6 Å². The van der Waals surface area contributed by atoms with Gasteiger partial charge in [-0.1, -0.05) is 0 Å². The lowest BCUT2D eigenvalue weighted by molar-refractivity contribution is 0.102. The van der Waals surface area contributed by atoms with Crippen LogP contribution >= 0.6 is 15.9 Å². The number of H-pyrrole nitrogens is 1. The molecule has 0 atom stereocenters. The molecule has 0 aliphatic rings. The number of hydrogen-bond acceptors (Lipinski definition) is 3. The van der Waals surface area contributed by atoms with E-state index < -0.39 is 0 Å². The Bertz CT molecular complexity index is 797. The Kier molecular flexibility index (Phi) is 3.23. The molecule has 0 fully saturated rings. The molecule has 6 heteroatoms. The predicted octanol–water partition coefficient (Wildman–Crippen LogP) is 3.28. The van der Waals surface area contributed by atoms with Crippen molar-refractivity contribution in [3.8, 4) is 0 Å². The van der Waals surface area contributed by atoms with Crippen LogP contribution in [0.2, 0.25) is 0 Å². The Morgan fingerprint density at radius 3 is 2.95 bits per heavy atom. The Morgan fingerprint density at radius 2 is 2.15 bits per heavy atom. The summed E-state index contributed by atoms with van der Waals surface area (Å²) in [5.41, 5.74) is 2.99. The SMILES string of the molecule is Cc1nc2ccc(NC(=O)c3cncc(Br)c3)cc2[nH]1. The summed E-state index contributed by atoms with van der Waals surface area (Å²) in [6, 6.07) is 7.28. The lowest BCUT2D eigenvalue weighted by Gasteiger charge is -2.05. The Morgan fingerprint density at radius 1 is 1.30 bits per heavy atom. The van der Waals surface area contributed by atoms with E-state index in [0.717, 1.165) is 21.3 Å². The maximum atomic E-state index is 12.1. The lowest BCUT2D eigenvalue weighted by atomic mass is 10.2. The average Bonchev–Trinajstić information content (AvgIpc) is 2.78. The van der Waals surface area contributed by atoms with Gasteiger partial charge >= 0.3 is 0 Å². The molecule has 0 saturated carbocycles. The van der Waals surface area contributed by atoms with Gasteiger partial charge in [-0.2, -0.15) is 0 Å². The predicted molar refractivity (Wildman–Crippen MR) is 80.7 cm³/mol. The molecule has 3 aromatic rings. The van der Waals surface area contributed by atoms with Crippen LogP contribution in [0.15, 0.2) is 41.1 Å². The maximum Gasteiger partial charge on any atom is 0.257 e. The van der Waals surface area contributed by atoms with Crippen LogP contribution in [0.3, 0.4) is 0 Å². The Hall–Kier alpha value is -2.21. The van der Waals surface area contributed by atoms with Crippen molar-refractivity contribution in [2.24, 2.45) is 0 Å². The maximum absolute atomic E-state index is 12.1. The fourth-order valence-corrected chi connectivity index (χ4v) is 2.32. The number of pyridine rings is 1. The molecule has 100 valence electrons. The number of imidazole rings is 1. The number of rotatable bonds is 2. The van der Waals surface area contributed by atoms with E-state index in [9.17, 15) is 4.79 Å². The quantitative estimate of drug-likeness (QED) is 0.757. The van der Waals surface area contributed by atoms with Crippen LogP contribution in [0, 0.1) is 6.92 Å². The first-order valence-corrected chi connectivity index (χ1v) is 6.79. The molecular formula is C14H11BrN4O. The van der Waals surface area contributed by atoms with E-state index in [0.29, 0.717) is 11.3 Å². The van der Waals surface area contributed by atoms with E-state index in [-0.39, 0.29) is 5.91 Å². The van der Waals surface area contributed by atoms with Gasteiger partial charge < -0.3 is 10.3 Å². The molecule has 3 rings (SSSR count). The molecule has 1 aromatic carbocycles. The molecule has 0 bridgehead atoms. The van der Waals surface area contributed by atoms with Crippen molar-refractivity contribution in [2.75, 3.05) is 5.32 Å². The van der Waals surface area contributed by atoms with Gasteiger partial charge in [0.1, 0.15) is 5.82 Å². The summed E-state index contributed by atoms with van der Waals surface area (Å²) >= 11 is 3.30. The van der Waals surface area contributed by atoms with E-state index in [1.165, 1.54) is 6.20 Å². The number of halogens is 1. The highest BCUT2D eigenvalue weighted by Gasteiger charge is 2.08. The summed E-state index contributed by atoms with van der Waals surface area (Å²) < 4.78 is 0.768. The number of hydrogen-bond donors (Lipinski definition) is 2. The summed E-state index contributed by atoms with van der Waals surface area (Å²) in [5.74, 6) is 0.647. The number of aromatic amines is 1. The van der Waals surface area contributed by atoms with Gasteiger partial charge in [0.25, 0.3) is 5.91 Å². The number of aromatic nitrogens is 3. The zero-order valence-corrected chi connectivity index (χ0v) is 12.2. The molecule has 2 N–H and O–H groups in total. The number of aryl methyl sites for hydroxylation is 1. The highest BCUT2D eigenvalue weighted by atomic mass is 79.9. The number of fused-ring (bicyclic) bond motifs is 1. The topological polar surface area (TPSA) is 70.7 Å². The van der Waals surface area contributed by atoms with Gasteiger partial charge in [-0.3, -0.25) is 9.78 Å². The zero-order chi connectivity index (χ0) is 14.1. The second kappa shape index (κ2) is 5.05. The van der Waals surface area contributed by atoms with Crippen molar-refractivity contribution in [1.82, 2.24) is 15.0 Å². The van der Waals surface area contributed by atoms with Gasteiger partial charge in [-0.15, -0.1) is 0 Å². The van der Waals surface area contributed by atoms with Gasteiger partial charge in [0.2, 0.25) is 0 Å². The lowest BCUT2D eigenvalue weighted by Crippen LogP contribution is -2.12. The minimum absolute atomic E-state index is 0.200. The highest BCUT2D eigenvalue weighted by Crippen LogP contribution is 2.18. The minimum atomic E-state index is -0.200. The first-order valence-electron chi connectivity index (χ1n) is 6.00. The molecular weight excluding hydrogens is 320 g/mol. The fourth-order valence-electron chi connectivity index (χ4n) is 1.95. The molecule has 0 radical (unpaired) electrons. The molecule has 0 aliphatic carbocycles. The Labute approximate surface area is 123 Å². The third kappa shape index (κ3) is 2.55. The molecule has 2 aromatic heterocycles. The number of nitrogens with one attached hydrogen (secondary N) is 2. The first kappa shape index (κ1) is 12.8. The number of anilines is 1. The summed E-state index contributed by atoms with van der Waals surface area (Å²) in [5, 5.41) is 2.84. The number of benzene rings is 1. The van der Waals surface area contributed by atoms with Crippen molar-refractivity contribution in [3.63, 3.8) is 0 Å². The Balaban J connectivity index is 1.87. The van der Waals surface area contributed by atoms with E-state index in [4.69, 9.17) is 0 Å². The van der Waals surface area contributed by atoms with E-state index in [2.05, 4.69) is 36.2 Å². The summed E-state index contributed by atoms with van der Waals surface area (Å²) in [6.07, 6.45) is 3.16. The molecule has 0 unspecified atom stereocenters. The van der Waals surface area contributed by atoms with Gasteiger partial charge in [0.05, 0.1) is 16.6 Å². The number of carbonyl (C=O) groups excluding carboxylic acids is 1. The number of carbonyl (C=O) groups is 1. The largest absolute Gasteiger partial charge is 0.342 e. The molecule has 0 aliphatic heterocycles. The third-order valence-corrected chi connectivity index (χ3v) is 3.26. The molecule has 1 amide bonds. The van der Waals surface area contributed by atoms with Gasteiger partial charge in [-0.05, 0) is 47.1 Å². The third-order valence-electron chi connectivity index (χ3n) is 2.83. The van der Waals surface area contributed by atoms with E-state index in [1.54, 1.807) is 12.3 Å². The van der Waals surface area contributed by atoms with Gasteiger partial charge in [-0.25, -0.2) is 4.98 Å². The van der Waals surface area contributed by atoms with Crippen LogP contribution in [0.1, 0.15) is 16.2 Å². The second-order valence-corrected chi connectivity index (χ2v) is 5.32. The van der Waals surface area contributed by atoms with Crippen LogP contribution in [-0.4, -0.2) is 20.9 Å². The first-order chi connectivity index (χ1) is 9.61. The smallest absolute Gasteiger partial charge is 0.257 e. The van der Waals surface area contributed by atoms with E-state index in [1.807, 2.05) is 25.1 Å². The molecule has 0 saturated heterocycles. The zero-order valence-electron chi connectivity index (χ0n) is 10.6. The fraction of sp³-hybridized carbons (Fsp3) is 0.0714. The minimum Gasteiger partial charge on any atom is -0.342 e. The molecule has 20 heavy (non-hydrogen) atoms. The van der Waals surface area contributed by atoms with Gasteiger partial charge in [0.15, 0.2) is 0 Å². The summed E-state index contributed by atoms with van der Waals surface area (Å²) in [4.78, 5) is 23.5. The monoisotopic (exact) mass is 330 g/mol. The van der Waals surface area contributed by atoms with Crippen LogP contribution < -0.4 is 5.32 Å². The average molecular weight is 331 g/mol. The summed E-state index contributed by atoms with van der Waals surface area (Å²) in [7, 11) is 0. The van der Waals surface area contributed by atoms with Crippen LogP contribution in [-0.2, 0) is 0 Å². The van der Waals surface area contributed by atoms with Gasteiger partial charge in [0, 0.05) is 22.6 Å². The standard InChI is InChI=1S/C14H11BrN4O/c1-8-17-12-3-2-11(5-13(12)18-8)19-14(20)9-4-10(15)7-16-6-9/h2-7H,1H3,(H,17,18)(H,19,20). The van der Waals surface area contributed by atoms with Crippen molar-refractivity contribution in [3.05, 3.63) is 52.5 Å². The van der Waals surface area contributed by atoms with Crippen molar-refractivity contribution in [2.45, 2.75) is 6.92 Å². The number of nitrogens with zero attached hydrogens (tertiary/aromatic N) is 2.